The number of hydrogen-bond acceptors (Lipinski definition) is 6. The molecule has 1 atom stereocenters. The van der Waals surface area contributed by atoms with Crippen molar-refractivity contribution >= 4 is 23.5 Å². The smallest absolute Gasteiger partial charge is 0.330 e. The van der Waals surface area contributed by atoms with Gasteiger partial charge < -0.3 is 19.7 Å². The molecule has 1 amide bonds. The van der Waals surface area contributed by atoms with Crippen molar-refractivity contribution in [3.8, 4) is 5.75 Å². The predicted molar refractivity (Wildman–Crippen MR) is 95.7 cm³/mol. The highest BCUT2D eigenvalue weighted by Crippen LogP contribution is 2.38. The predicted octanol–water partition coefficient (Wildman–Crippen LogP) is 2.87. The van der Waals surface area contributed by atoms with Gasteiger partial charge in [-0.15, -0.1) is 0 Å². The van der Waals surface area contributed by atoms with Gasteiger partial charge in [0.15, 0.2) is 11.9 Å². The van der Waals surface area contributed by atoms with Gasteiger partial charge in [0.25, 0.3) is 0 Å². The van der Waals surface area contributed by atoms with Crippen LogP contribution in [0.3, 0.4) is 0 Å². The van der Waals surface area contributed by atoms with Gasteiger partial charge in [0.2, 0.25) is 11.8 Å². The molecule has 2 N–H and O–H groups in total. The van der Waals surface area contributed by atoms with Gasteiger partial charge in [-0.25, -0.2) is 4.79 Å². The molecule has 0 aliphatic heterocycles. The van der Waals surface area contributed by atoms with Crippen LogP contribution in [0.15, 0.2) is 22.7 Å². The van der Waals surface area contributed by atoms with Crippen molar-refractivity contribution in [3.63, 3.8) is 0 Å². The second-order valence-corrected chi connectivity index (χ2v) is 6.81. The zero-order valence-corrected chi connectivity index (χ0v) is 15.5. The average molecular weight is 394 g/mol. The number of methoxy groups -OCH3 is 1. The second-order valence-electron chi connectivity index (χ2n) is 6.41. The molecule has 8 nitrogen and oxygen atoms in total. The molecule has 1 aromatic carbocycles. The molecule has 144 valence electrons. The topological polar surface area (TPSA) is 115 Å². The second kappa shape index (κ2) is 8.39. The summed E-state index contributed by atoms with van der Waals surface area (Å²) in [6.45, 7) is 0. The minimum atomic E-state index is -1.19. The minimum absolute atomic E-state index is 0.148. The lowest BCUT2D eigenvalue weighted by Gasteiger charge is -2.16. The highest BCUT2D eigenvalue weighted by atomic mass is 35.5. The van der Waals surface area contributed by atoms with E-state index < -0.39 is 12.0 Å². The Hall–Kier alpha value is -2.61. The average Bonchev–Trinajstić information content (AvgIpc) is 3.38. The molecule has 0 spiro atoms. The number of rotatable bonds is 9. The first kappa shape index (κ1) is 19.2. The molecule has 1 fully saturated rings. The van der Waals surface area contributed by atoms with Crippen molar-refractivity contribution in [1.82, 2.24) is 15.5 Å². The summed E-state index contributed by atoms with van der Waals surface area (Å²) in [5.41, 5.74) is 0.368. The lowest BCUT2D eigenvalue weighted by molar-refractivity contribution is -0.142. The van der Waals surface area contributed by atoms with Crippen LogP contribution in [0.25, 0.3) is 0 Å². The molecule has 1 aliphatic rings. The summed E-state index contributed by atoms with van der Waals surface area (Å²) in [6.07, 6.45) is 3.28. The molecule has 0 bridgehead atoms. The summed E-state index contributed by atoms with van der Waals surface area (Å²) < 4.78 is 10.2. The lowest BCUT2D eigenvalue weighted by atomic mass is 10.1. The van der Waals surface area contributed by atoms with Crippen LogP contribution < -0.4 is 10.1 Å². The number of carbonyl (C=O) groups is 2. The third-order valence-electron chi connectivity index (χ3n) is 4.28. The van der Waals surface area contributed by atoms with Crippen LogP contribution in [0.1, 0.15) is 54.9 Å². The van der Waals surface area contributed by atoms with E-state index in [2.05, 4.69) is 15.5 Å². The number of aromatic nitrogens is 2. The van der Waals surface area contributed by atoms with Crippen LogP contribution >= 0.6 is 11.6 Å². The molecule has 1 saturated carbocycles. The molecular formula is C18H20ClN3O5. The van der Waals surface area contributed by atoms with Gasteiger partial charge in [-0.1, -0.05) is 22.8 Å². The number of carbonyl (C=O) groups excluding carboxylic acids is 1. The normalized spacial score (nSPS) is 14.6. The van der Waals surface area contributed by atoms with Crippen LogP contribution in [0, 0.1) is 0 Å². The van der Waals surface area contributed by atoms with Crippen LogP contribution in [-0.4, -0.2) is 34.2 Å². The van der Waals surface area contributed by atoms with Gasteiger partial charge in [0.1, 0.15) is 5.75 Å². The Morgan fingerprint density at radius 1 is 1.44 bits per heavy atom. The molecule has 1 heterocycles. The summed E-state index contributed by atoms with van der Waals surface area (Å²) in [5, 5.41) is 16.1. The van der Waals surface area contributed by atoms with Crippen molar-refractivity contribution in [2.75, 3.05) is 7.11 Å². The molecule has 3 rings (SSSR count). The number of carboxylic acids is 1. The fourth-order valence-corrected chi connectivity index (χ4v) is 2.93. The van der Waals surface area contributed by atoms with Crippen molar-refractivity contribution in [1.29, 1.82) is 0 Å². The maximum absolute atomic E-state index is 12.2. The molecule has 9 heteroatoms. The number of hydrogen-bond donors (Lipinski definition) is 2. The first-order valence-corrected chi connectivity index (χ1v) is 9.04. The van der Waals surface area contributed by atoms with E-state index in [1.165, 1.54) is 13.2 Å². The van der Waals surface area contributed by atoms with E-state index in [0.717, 1.165) is 18.7 Å². The highest BCUT2D eigenvalue weighted by Gasteiger charge is 2.28. The number of nitrogens with zero attached hydrogens (tertiary/aromatic N) is 2. The van der Waals surface area contributed by atoms with Crippen LogP contribution in [-0.2, 0) is 16.0 Å². The van der Waals surface area contributed by atoms with Crippen molar-refractivity contribution in [2.24, 2.45) is 0 Å². The van der Waals surface area contributed by atoms with Gasteiger partial charge in [-0.3, -0.25) is 4.79 Å². The number of halogens is 1. The summed E-state index contributed by atoms with van der Waals surface area (Å²) in [7, 11) is 1.47. The summed E-state index contributed by atoms with van der Waals surface area (Å²) >= 11 is 6.04. The van der Waals surface area contributed by atoms with E-state index in [4.69, 9.17) is 20.9 Å². The number of ether oxygens (including phenoxy) is 1. The van der Waals surface area contributed by atoms with Crippen molar-refractivity contribution in [2.45, 2.75) is 44.1 Å². The van der Waals surface area contributed by atoms with Crippen molar-refractivity contribution < 1.29 is 24.0 Å². The molecule has 1 aromatic heterocycles. The Morgan fingerprint density at radius 2 is 2.22 bits per heavy atom. The molecular weight excluding hydrogens is 374 g/mol. The zero-order chi connectivity index (χ0) is 19.4. The number of aliphatic carboxylic acids is 1. The largest absolute Gasteiger partial charge is 0.495 e. The maximum Gasteiger partial charge on any atom is 0.330 e. The molecule has 27 heavy (non-hydrogen) atoms. The first-order chi connectivity index (χ1) is 13.0. The van der Waals surface area contributed by atoms with E-state index in [1.54, 1.807) is 12.1 Å². The van der Waals surface area contributed by atoms with Crippen LogP contribution in [0.5, 0.6) is 5.75 Å². The minimum Gasteiger partial charge on any atom is -0.495 e. The van der Waals surface area contributed by atoms with Gasteiger partial charge in [0.05, 0.1) is 12.1 Å². The number of amides is 1. The lowest BCUT2D eigenvalue weighted by Crippen LogP contribution is -2.33. The molecule has 0 saturated heterocycles. The van der Waals surface area contributed by atoms with Crippen molar-refractivity contribution in [3.05, 3.63) is 40.5 Å². The Labute approximate surface area is 160 Å². The third kappa shape index (κ3) is 4.97. The summed E-state index contributed by atoms with van der Waals surface area (Å²) in [5.74, 6) is 0.532. The fourth-order valence-electron chi connectivity index (χ4n) is 2.66. The van der Waals surface area contributed by atoms with Gasteiger partial charge in [0, 0.05) is 18.8 Å². The summed E-state index contributed by atoms with van der Waals surface area (Å²) in [6, 6.07) is 3.40. The number of aryl methyl sites for hydroxylation is 1. The zero-order valence-electron chi connectivity index (χ0n) is 14.8. The van der Waals surface area contributed by atoms with Crippen LogP contribution in [0.2, 0.25) is 5.02 Å². The fraction of sp³-hybridized carbons (Fsp3) is 0.444. The Bertz CT molecular complexity index is 834. The SMILES string of the molecule is COc1ccc(C(NC(=O)CCCc2nc(C3CC3)no2)C(=O)O)cc1Cl. The third-order valence-corrected chi connectivity index (χ3v) is 4.58. The Balaban J connectivity index is 1.53. The van der Waals surface area contributed by atoms with Gasteiger partial charge in [-0.2, -0.15) is 4.98 Å². The number of nitrogens with one attached hydrogen (secondary N) is 1. The standard InChI is InChI=1S/C18H20ClN3O5/c1-26-13-8-7-11(9-12(13)19)16(18(24)25)20-14(23)3-2-4-15-21-17(22-27-15)10-5-6-10/h7-10,16H,2-6H2,1H3,(H,20,23)(H,24,25). The van der Waals surface area contributed by atoms with Crippen LogP contribution in [0.4, 0.5) is 0 Å². The highest BCUT2D eigenvalue weighted by molar-refractivity contribution is 6.32. The van der Waals surface area contributed by atoms with E-state index in [9.17, 15) is 14.7 Å². The summed E-state index contributed by atoms with van der Waals surface area (Å²) in [4.78, 5) is 28.0. The number of carboxylic acid groups (broad SMARTS) is 1. The molecule has 2 aromatic rings. The van der Waals surface area contributed by atoms with E-state index in [-0.39, 0.29) is 17.4 Å². The molecule has 0 radical (unpaired) electrons. The van der Waals surface area contributed by atoms with E-state index in [0.29, 0.717) is 36.0 Å². The molecule has 1 unspecified atom stereocenters. The first-order valence-electron chi connectivity index (χ1n) is 8.66. The van der Waals surface area contributed by atoms with Gasteiger partial charge >= 0.3 is 5.97 Å². The van der Waals surface area contributed by atoms with Gasteiger partial charge in [-0.05, 0) is 37.0 Å². The monoisotopic (exact) mass is 393 g/mol. The van der Waals surface area contributed by atoms with E-state index >= 15 is 0 Å². The Kier molecular flexibility index (Phi) is 5.95. The maximum atomic E-state index is 12.2. The molecule has 1 aliphatic carbocycles. The Morgan fingerprint density at radius 3 is 2.85 bits per heavy atom. The van der Waals surface area contributed by atoms with E-state index in [1.807, 2.05) is 0 Å². The quantitative estimate of drug-likeness (QED) is 0.673. The number of benzene rings is 1.